The molecule has 2 heterocycles. The Labute approximate surface area is 329 Å². The van der Waals surface area contributed by atoms with Gasteiger partial charge in [0.1, 0.15) is 0 Å². The number of carbonyl (C=O) groups is 4. The van der Waals surface area contributed by atoms with Crippen molar-refractivity contribution in [3.63, 3.8) is 0 Å². The van der Waals surface area contributed by atoms with E-state index in [0.717, 1.165) is 41.8 Å². The van der Waals surface area contributed by atoms with E-state index in [2.05, 4.69) is 10.6 Å². The number of phenols is 2. The predicted molar refractivity (Wildman–Crippen MR) is 215 cm³/mol. The van der Waals surface area contributed by atoms with Crippen molar-refractivity contribution in [2.24, 2.45) is 0 Å². The zero-order valence-electron chi connectivity index (χ0n) is 33.0. The second-order valence-corrected chi connectivity index (χ2v) is 14.9. The third-order valence-electron chi connectivity index (χ3n) is 10.4. The lowest BCUT2D eigenvalue weighted by Crippen LogP contribution is -2.42. The summed E-state index contributed by atoms with van der Waals surface area (Å²) in [7, 11) is 0. The number of nitrogens with one attached hydrogen (secondary N) is 2. The van der Waals surface area contributed by atoms with E-state index in [4.69, 9.17) is 0 Å². The number of hydrogen-bond acceptors (Lipinski definition) is 6. The SMILES string of the molecule is CCCCNC(=O)C(c1c(C)n(C(=O)c2ccc(C)cc2)c2cc(F)c(O)cc12)C(C(=O)NC(C)C)c1c(C)n(C(=O)c2ccc(C)cc2)c2cc(F)c(O)cc12. The number of phenolic OH excluding ortho intramolecular Hbond substituents is 2. The fraction of sp³-hybridized carbons (Fsp3) is 0.289. The number of halogens is 2. The minimum Gasteiger partial charge on any atom is -0.505 e. The molecule has 0 bridgehead atoms. The summed E-state index contributed by atoms with van der Waals surface area (Å²) in [6.45, 7) is 12.5. The van der Waals surface area contributed by atoms with Crippen molar-refractivity contribution in [3.8, 4) is 11.5 Å². The number of hydrogen-bond donors (Lipinski definition) is 4. The number of nitrogens with zero attached hydrogens (tertiary/aromatic N) is 2. The molecule has 2 unspecified atom stereocenters. The molecule has 4 aromatic carbocycles. The minimum absolute atomic E-state index is 0.0456. The summed E-state index contributed by atoms with van der Waals surface area (Å²) in [5.41, 5.74) is 3.12. The quantitative estimate of drug-likeness (QED) is 0.0978. The van der Waals surface area contributed by atoms with Crippen LogP contribution in [0.3, 0.4) is 0 Å². The largest absolute Gasteiger partial charge is 0.505 e. The number of benzene rings is 4. The maximum atomic E-state index is 15.3. The van der Waals surface area contributed by atoms with Crippen molar-refractivity contribution in [1.82, 2.24) is 19.8 Å². The van der Waals surface area contributed by atoms with E-state index in [-0.39, 0.29) is 62.0 Å². The van der Waals surface area contributed by atoms with Gasteiger partial charge in [-0.05, 0) is 95.5 Å². The van der Waals surface area contributed by atoms with Crippen LogP contribution in [0.2, 0.25) is 0 Å². The number of aromatic hydroxyl groups is 2. The van der Waals surface area contributed by atoms with Gasteiger partial charge in [-0.3, -0.25) is 28.3 Å². The van der Waals surface area contributed by atoms with E-state index in [1.165, 1.54) is 9.13 Å². The third-order valence-corrected chi connectivity index (χ3v) is 10.4. The number of aromatic nitrogens is 2. The number of rotatable bonds is 11. The molecule has 0 spiro atoms. The van der Waals surface area contributed by atoms with Crippen LogP contribution in [0.5, 0.6) is 11.5 Å². The number of carbonyl (C=O) groups excluding carboxylic acids is 4. The van der Waals surface area contributed by atoms with Crippen LogP contribution in [-0.2, 0) is 9.59 Å². The molecule has 6 rings (SSSR count). The zero-order valence-corrected chi connectivity index (χ0v) is 33.0. The molecule has 0 radical (unpaired) electrons. The lowest BCUT2D eigenvalue weighted by molar-refractivity contribution is -0.129. The van der Waals surface area contributed by atoms with Gasteiger partial charge in [-0.25, -0.2) is 8.78 Å². The first-order valence-corrected chi connectivity index (χ1v) is 18.9. The molecule has 0 saturated carbocycles. The van der Waals surface area contributed by atoms with Gasteiger partial charge in [0.2, 0.25) is 11.8 Å². The van der Waals surface area contributed by atoms with Crippen molar-refractivity contribution >= 4 is 45.4 Å². The summed E-state index contributed by atoms with van der Waals surface area (Å²) in [6.07, 6.45) is 1.33. The van der Waals surface area contributed by atoms with Gasteiger partial charge in [-0.15, -0.1) is 0 Å². The summed E-state index contributed by atoms with van der Waals surface area (Å²) in [5.74, 6) is -8.84. The topological polar surface area (TPSA) is 143 Å². The molecule has 0 saturated heterocycles. The minimum atomic E-state index is -1.49. The number of fused-ring (bicyclic) bond motifs is 2. The summed E-state index contributed by atoms with van der Waals surface area (Å²) in [6, 6.07) is 17.4. The molecular formula is C45H46F2N4O6. The average Bonchev–Trinajstić information content (AvgIpc) is 3.58. The van der Waals surface area contributed by atoms with Gasteiger partial charge in [-0.1, -0.05) is 48.7 Å². The average molecular weight is 777 g/mol. The van der Waals surface area contributed by atoms with Crippen LogP contribution in [0.15, 0.2) is 72.8 Å². The van der Waals surface area contributed by atoms with E-state index in [9.17, 15) is 29.4 Å². The first-order chi connectivity index (χ1) is 27.0. The Hall–Kier alpha value is -6.30. The molecule has 2 aromatic heterocycles. The van der Waals surface area contributed by atoms with Gasteiger partial charge in [0.05, 0.1) is 22.9 Å². The van der Waals surface area contributed by atoms with Gasteiger partial charge < -0.3 is 20.8 Å². The van der Waals surface area contributed by atoms with Crippen molar-refractivity contribution in [2.75, 3.05) is 6.54 Å². The highest BCUT2D eigenvalue weighted by Crippen LogP contribution is 2.46. The van der Waals surface area contributed by atoms with Crippen LogP contribution in [-0.4, -0.2) is 55.6 Å². The highest BCUT2D eigenvalue weighted by atomic mass is 19.1. The van der Waals surface area contributed by atoms with Gasteiger partial charge in [0.25, 0.3) is 11.8 Å². The molecule has 0 aliphatic rings. The zero-order chi connectivity index (χ0) is 41.5. The molecule has 10 nitrogen and oxygen atoms in total. The van der Waals surface area contributed by atoms with Crippen molar-refractivity contribution in [3.05, 3.63) is 129 Å². The summed E-state index contributed by atoms with van der Waals surface area (Å²) in [4.78, 5) is 58.5. The van der Waals surface area contributed by atoms with Gasteiger partial charge in [-0.2, -0.15) is 0 Å². The molecule has 0 aliphatic heterocycles. The van der Waals surface area contributed by atoms with Crippen LogP contribution < -0.4 is 10.6 Å². The molecule has 2 amide bonds. The lowest BCUT2D eigenvalue weighted by Gasteiger charge is -2.28. The number of aryl methyl sites for hydroxylation is 2. The normalized spacial score (nSPS) is 12.6. The van der Waals surface area contributed by atoms with Crippen molar-refractivity contribution in [2.45, 2.75) is 79.2 Å². The monoisotopic (exact) mass is 776 g/mol. The second-order valence-electron chi connectivity index (χ2n) is 14.9. The van der Waals surface area contributed by atoms with E-state index in [0.29, 0.717) is 6.42 Å². The summed E-state index contributed by atoms with van der Waals surface area (Å²) in [5, 5.41) is 27.7. The van der Waals surface area contributed by atoms with Gasteiger partial charge in [0, 0.05) is 58.0 Å². The maximum Gasteiger partial charge on any atom is 0.262 e. The van der Waals surface area contributed by atoms with Crippen LogP contribution in [0.25, 0.3) is 21.8 Å². The number of unbranched alkanes of at least 4 members (excludes halogenated alkanes) is 1. The van der Waals surface area contributed by atoms with Crippen LogP contribution >= 0.6 is 0 Å². The number of amides is 2. The van der Waals surface area contributed by atoms with E-state index >= 15 is 8.78 Å². The molecular weight excluding hydrogens is 731 g/mol. The Morgan fingerprint density at radius 1 is 0.649 bits per heavy atom. The third kappa shape index (κ3) is 7.51. The molecule has 0 fully saturated rings. The van der Waals surface area contributed by atoms with Crippen LogP contribution in [0.1, 0.15) is 99.8 Å². The van der Waals surface area contributed by atoms with E-state index in [1.807, 2.05) is 20.8 Å². The smallest absolute Gasteiger partial charge is 0.262 e. The van der Waals surface area contributed by atoms with Crippen LogP contribution in [0, 0.1) is 39.3 Å². The highest BCUT2D eigenvalue weighted by molar-refractivity contribution is 6.09. The Bertz CT molecular complexity index is 2550. The first-order valence-electron chi connectivity index (χ1n) is 18.9. The maximum absolute atomic E-state index is 15.3. The lowest BCUT2D eigenvalue weighted by atomic mass is 9.77. The predicted octanol–water partition coefficient (Wildman–Crippen LogP) is 8.20. The molecule has 296 valence electrons. The molecule has 6 aromatic rings. The Morgan fingerprint density at radius 3 is 1.44 bits per heavy atom. The molecule has 57 heavy (non-hydrogen) atoms. The van der Waals surface area contributed by atoms with Gasteiger partial charge >= 0.3 is 0 Å². The second kappa shape index (κ2) is 16.0. The Kier molecular flexibility index (Phi) is 11.4. The Morgan fingerprint density at radius 2 is 1.05 bits per heavy atom. The first kappa shape index (κ1) is 40.4. The van der Waals surface area contributed by atoms with Crippen LogP contribution in [0.4, 0.5) is 8.78 Å². The fourth-order valence-corrected chi connectivity index (χ4v) is 7.63. The van der Waals surface area contributed by atoms with Gasteiger partial charge in [0.15, 0.2) is 23.1 Å². The molecule has 12 heteroatoms. The van der Waals surface area contributed by atoms with Crippen molar-refractivity contribution in [1.29, 1.82) is 0 Å². The van der Waals surface area contributed by atoms with E-state index in [1.54, 1.807) is 76.2 Å². The summed E-state index contributed by atoms with van der Waals surface area (Å²) < 4.78 is 33.1. The standard InChI is InChI=1S/C45H46F2N4O6/c1-8-9-18-48-42(54)40(38-26(6)50(34-21-32(46)36(52)19-30(34)38)44(56)28-14-10-24(4)11-15-28)41(43(55)49-23(2)3)39-27(7)51(35-22-33(47)37(53)20-31(35)39)45(57)29-16-12-25(5)13-17-29/h10-17,19-23,40-41,52-53H,8-9,18H2,1-7H3,(H,48,54)(H,49,55). The molecule has 0 aliphatic carbocycles. The summed E-state index contributed by atoms with van der Waals surface area (Å²) >= 11 is 0. The van der Waals surface area contributed by atoms with Crippen molar-refractivity contribution < 1.29 is 38.2 Å². The van der Waals surface area contributed by atoms with E-state index < -0.39 is 64.6 Å². The molecule has 2 atom stereocenters. The Balaban J connectivity index is 1.73. The fourth-order valence-electron chi connectivity index (χ4n) is 7.63. The highest BCUT2D eigenvalue weighted by Gasteiger charge is 2.43. The molecule has 4 N–H and O–H groups in total.